The molecule has 2 fully saturated rings. The van der Waals surface area contributed by atoms with Crippen molar-refractivity contribution in [2.45, 2.75) is 57.2 Å². The molecule has 162 valence electrons. The first-order valence-corrected chi connectivity index (χ1v) is 9.77. The zero-order chi connectivity index (χ0) is 21.1. The van der Waals surface area contributed by atoms with E-state index in [0.717, 1.165) is 31.2 Å². The zero-order valence-electron chi connectivity index (χ0n) is 16.7. The molecule has 29 heavy (non-hydrogen) atoms. The van der Waals surface area contributed by atoms with Crippen molar-refractivity contribution in [1.29, 1.82) is 0 Å². The first-order chi connectivity index (χ1) is 13.7. The van der Waals surface area contributed by atoms with Gasteiger partial charge in [-0.25, -0.2) is 0 Å². The van der Waals surface area contributed by atoms with Crippen LogP contribution in [0.3, 0.4) is 0 Å². The van der Waals surface area contributed by atoms with Gasteiger partial charge in [0.15, 0.2) is 0 Å². The van der Waals surface area contributed by atoms with Crippen molar-refractivity contribution in [2.24, 2.45) is 0 Å². The number of hydrogen-bond acceptors (Lipinski definition) is 5. The fourth-order valence-corrected chi connectivity index (χ4v) is 4.33. The molecule has 0 bridgehead atoms. The molecule has 1 saturated heterocycles. The van der Waals surface area contributed by atoms with Gasteiger partial charge in [-0.2, -0.15) is 0 Å². The molecule has 1 aromatic carbocycles. The van der Waals surface area contributed by atoms with Crippen LogP contribution >= 0.6 is 0 Å². The van der Waals surface area contributed by atoms with Gasteiger partial charge in [0.05, 0.1) is 19.8 Å². The van der Waals surface area contributed by atoms with Crippen LogP contribution in [0.5, 0.6) is 11.5 Å². The molecule has 2 aliphatic rings. The second kappa shape index (κ2) is 8.79. The number of benzene rings is 1. The van der Waals surface area contributed by atoms with Crippen molar-refractivity contribution < 1.29 is 32.2 Å². The Morgan fingerprint density at radius 1 is 1.38 bits per heavy atom. The summed E-state index contributed by atoms with van der Waals surface area (Å²) in [7, 11) is 1.42. The molecular weight excluding hydrogens is 389 g/mol. The lowest BCUT2D eigenvalue weighted by molar-refractivity contribution is -0.274. The van der Waals surface area contributed by atoms with Crippen molar-refractivity contribution in [3.63, 3.8) is 0 Å². The highest BCUT2D eigenvalue weighted by Crippen LogP contribution is 2.36. The van der Waals surface area contributed by atoms with E-state index >= 15 is 0 Å². The molecule has 0 radical (unpaired) electrons. The molecule has 1 aliphatic heterocycles. The van der Waals surface area contributed by atoms with Crippen LogP contribution in [-0.2, 0) is 16.1 Å². The Morgan fingerprint density at radius 2 is 2.17 bits per heavy atom. The summed E-state index contributed by atoms with van der Waals surface area (Å²) in [5, 5.41) is 3.04. The normalized spacial score (nSPS) is 25.6. The molecule has 0 unspecified atom stereocenters. The number of alkyl halides is 3. The lowest BCUT2D eigenvalue weighted by Crippen LogP contribution is -2.63. The number of halogens is 3. The predicted octanol–water partition coefficient (Wildman–Crippen LogP) is 3.24. The van der Waals surface area contributed by atoms with Crippen molar-refractivity contribution in [2.75, 3.05) is 26.8 Å². The second-order valence-electron chi connectivity index (χ2n) is 7.64. The number of rotatable bonds is 5. The average Bonchev–Trinajstić information content (AvgIpc) is 2.64. The summed E-state index contributed by atoms with van der Waals surface area (Å²) in [5.74, 6) is -0.0391. The predicted molar refractivity (Wildman–Crippen MR) is 99.7 cm³/mol. The molecule has 1 aliphatic carbocycles. The summed E-state index contributed by atoms with van der Waals surface area (Å²) >= 11 is 0. The van der Waals surface area contributed by atoms with E-state index in [-0.39, 0.29) is 17.7 Å². The van der Waals surface area contributed by atoms with Crippen LogP contribution < -0.4 is 14.8 Å². The van der Waals surface area contributed by atoms with Crippen LogP contribution in [-0.4, -0.2) is 55.6 Å². The van der Waals surface area contributed by atoms with Crippen molar-refractivity contribution in [1.82, 2.24) is 10.2 Å². The Bertz CT molecular complexity index is 724. The number of carbonyl (C=O) groups excluding carboxylic acids is 1. The minimum absolute atomic E-state index is 0.0407. The summed E-state index contributed by atoms with van der Waals surface area (Å²) in [6, 6.07) is 4.09. The van der Waals surface area contributed by atoms with Crippen LogP contribution in [0.2, 0.25) is 0 Å². The summed E-state index contributed by atoms with van der Waals surface area (Å²) in [4.78, 5) is 13.8. The Labute approximate surface area is 168 Å². The summed E-state index contributed by atoms with van der Waals surface area (Å²) in [5.41, 5.74) is 0.334. The highest BCUT2D eigenvalue weighted by molar-refractivity contribution is 5.73. The molecule has 1 heterocycles. The Hall–Kier alpha value is -2.00. The largest absolute Gasteiger partial charge is 0.573 e. The molecule has 1 amide bonds. The van der Waals surface area contributed by atoms with Crippen LogP contribution in [0, 0.1) is 0 Å². The summed E-state index contributed by atoms with van der Waals surface area (Å²) in [6.07, 6.45) is -0.922. The van der Waals surface area contributed by atoms with E-state index in [1.807, 2.05) is 0 Å². The maximum atomic E-state index is 12.5. The van der Waals surface area contributed by atoms with Crippen LogP contribution in [0.1, 0.15) is 38.2 Å². The molecule has 6 nitrogen and oxygen atoms in total. The first kappa shape index (κ1) is 21.7. The third kappa shape index (κ3) is 5.54. The minimum Gasteiger partial charge on any atom is -0.496 e. The fraction of sp³-hybridized carbons (Fsp3) is 0.650. The van der Waals surface area contributed by atoms with E-state index in [0.29, 0.717) is 32.0 Å². The Kier molecular flexibility index (Phi) is 6.58. The number of carbonyl (C=O) groups is 1. The van der Waals surface area contributed by atoms with Gasteiger partial charge in [0, 0.05) is 38.2 Å². The minimum atomic E-state index is -4.75. The van der Waals surface area contributed by atoms with Crippen molar-refractivity contribution in [3.8, 4) is 11.5 Å². The number of morpholine rings is 1. The second-order valence-corrected chi connectivity index (χ2v) is 7.64. The van der Waals surface area contributed by atoms with Crippen LogP contribution in [0.25, 0.3) is 0 Å². The van der Waals surface area contributed by atoms with Gasteiger partial charge < -0.3 is 19.5 Å². The van der Waals surface area contributed by atoms with Gasteiger partial charge in [0.1, 0.15) is 17.1 Å². The van der Waals surface area contributed by atoms with Crippen molar-refractivity contribution >= 4 is 5.91 Å². The standard InChI is InChI=1S/C20H27F3N2O4/c1-14(26)24-18-5-3-4-8-19(18)13-25(9-10-28-19)12-15-6-7-16(11-17(15)27-2)29-20(21,22)23/h6-7,11,18H,3-5,8-10,12-13H2,1-2H3,(H,24,26)/t18-,19-/m0/s1. The van der Waals surface area contributed by atoms with Gasteiger partial charge in [-0.3, -0.25) is 9.69 Å². The Balaban J connectivity index is 1.73. The van der Waals surface area contributed by atoms with Gasteiger partial charge in [0.2, 0.25) is 5.91 Å². The number of methoxy groups -OCH3 is 1. The van der Waals surface area contributed by atoms with Gasteiger partial charge in [-0.05, 0) is 18.9 Å². The molecule has 0 aromatic heterocycles. The monoisotopic (exact) mass is 416 g/mol. The highest BCUT2D eigenvalue weighted by Gasteiger charge is 2.45. The molecular formula is C20H27F3N2O4. The average molecular weight is 416 g/mol. The van der Waals surface area contributed by atoms with Crippen LogP contribution in [0.4, 0.5) is 13.2 Å². The lowest BCUT2D eigenvalue weighted by atomic mass is 9.78. The van der Waals surface area contributed by atoms with Crippen LogP contribution in [0.15, 0.2) is 18.2 Å². The van der Waals surface area contributed by atoms with E-state index in [1.165, 1.54) is 26.2 Å². The van der Waals surface area contributed by atoms with Gasteiger partial charge in [-0.1, -0.05) is 18.9 Å². The number of amides is 1. The van der Waals surface area contributed by atoms with Gasteiger partial charge in [0.25, 0.3) is 0 Å². The highest BCUT2D eigenvalue weighted by atomic mass is 19.4. The topological polar surface area (TPSA) is 60.0 Å². The number of nitrogens with zero attached hydrogens (tertiary/aromatic N) is 1. The number of nitrogens with one attached hydrogen (secondary N) is 1. The quantitative estimate of drug-likeness (QED) is 0.799. The first-order valence-electron chi connectivity index (χ1n) is 9.77. The SMILES string of the molecule is COc1cc(OC(F)(F)F)ccc1CN1CCO[C@@]2(CCCC[C@@H]2NC(C)=O)C1. The summed E-state index contributed by atoms with van der Waals surface area (Å²) < 4.78 is 52.8. The summed E-state index contributed by atoms with van der Waals surface area (Å²) in [6.45, 7) is 3.89. The molecule has 1 saturated carbocycles. The van der Waals surface area contributed by atoms with Crippen molar-refractivity contribution in [3.05, 3.63) is 23.8 Å². The van der Waals surface area contributed by atoms with E-state index in [2.05, 4.69) is 15.0 Å². The van der Waals surface area contributed by atoms with E-state index < -0.39 is 12.0 Å². The van der Waals surface area contributed by atoms with E-state index in [9.17, 15) is 18.0 Å². The van der Waals surface area contributed by atoms with E-state index in [4.69, 9.17) is 9.47 Å². The third-order valence-electron chi connectivity index (χ3n) is 5.53. The van der Waals surface area contributed by atoms with Gasteiger partial charge in [-0.15, -0.1) is 13.2 Å². The molecule has 2 atom stereocenters. The van der Waals surface area contributed by atoms with E-state index in [1.54, 1.807) is 6.07 Å². The smallest absolute Gasteiger partial charge is 0.496 e. The fourth-order valence-electron chi connectivity index (χ4n) is 4.33. The van der Waals surface area contributed by atoms with Gasteiger partial charge >= 0.3 is 6.36 Å². The third-order valence-corrected chi connectivity index (χ3v) is 5.53. The number of hydrogen-bond donors (Lipinski definition) is 1. The Morgan fingerprint density at radius 3 is 2.86 bits per heavy atom. The lowest BCUT2D eigenvalue weighted by Gasteiger charge is -2.49. The molecule has 1 aromatic rings. The molecule has 3 rings (SSSR count). The molecule has 1 spiro atoms. The maximum Gasteiger partial charge on any atom is 0.573 e. The zero-order valence-corrected chi connectivity index (χ0v) is 16.7. The number of ether oxygens (including phenoxy) is 3. The molecule has 9 heteroatoms. The maximum absolute atomic E-state index is 12.5. The molecule has 1 N–H and O–H groups in total.